The number of hydrogen-bond acceptors (Lipinski definition) is 3. The predicted octanol–water partition coefficient (Wildman–Crippen LogP) is 4.07. The molecule has 1 aliphatic heterocycles. The van der Waals surface area contributed by atoms with E-state index in [1.165, 1.54) is 4.90 Å². The van der Waals surface area contributed by atoms with Crippen LogP contribution in [0.2, 0.25) is 0 Å². The van der Waals surface area contributed by atoms with Gasteiger partial charge in [0, 0.05) is 12.3 Å². The molecular formula is C20H19NO3. The Labute approximate surface area is 141 Å². The van der Waals surface area contributed by atoms with Crippen LogP contribution < -0.4 is 0 Å². The normalized spacial score (nSPS) is 18.1. The van der Waals surface area contributed by atoms with E-state index in [9.17, 15) is 9.59 Å². The first-order chi connectivity index (χ1) is 11.7. The van der Waals surface area contributed by atoms with Crippen molar-refractivity contribution in [1.29, 1.82) is 0 Å². The first-order valence-electron chi connectivity index (χ1n) is 7.92. The van der Waals surface area contributed by atoms with Crippen molar-refractivity contribution in [3.63, 3.8) is 0 Å². The molecule has 0 radical (unpaired) electrons. The molecule has 1 aliphatic rings. The molecule has 2 aromatic rings. The third-order valence-corrected chi connectivity index (χ3v) is 4.23. The zero-order valence-electron chi connectivity index (χ0n) is 13.3. The molecule has 2 amide bonds. The number of hydrogen-bond donors (Lipinski definition) is 0. The molecule has 2 atom stereocenters. The van der Waals surface area contributed by atoms with Crippen molar-refractivity contribution < 1.29 is 14.3 Å². The predicted molar refractivity (Wildman–Crippen MR) is 91.4 cm³/mol. The van der Waals surface area contributed by atoms with Crippen LogP contribution >= 0.6 is 0 Å². The molecule has 1 unspecified atom stereocenters. The van der Waals surface area contributed by atoms with Crippen molar-refractivity contribution in [3.05, 3.63) is 84.4 Å². The van der Waals surface area contributed by atoms with E-state index in [0.717, 1.165) is 11.1 Å². The van der Waals surface area contributed by atoms with Crippen molar-refractivity contribution in [2.75, 3.05) is 6.61 Å². The van der Waals surface area contributed by atoms with Gasteiger partial charge in [-0.15, -0.1) is 6.58 Å². The molecule has 24 heavy (non-hydrogen) atoms. The maximum Gasteiger partial charge on any atom is 0.417 e. The van der Waals surface area contributed by atoms with Gasteiger partial charge in [-0.05, 0) is 11.1 Å². The van der Waals surface area contributed by atoms with Gasteiger partial charge in [-0.1, -0.05) is 66.7 Å². The Kier molecular flexibility index (Phi) is 4.75. The van der Waals surface area contributed by atoms with Gasteiger partial charge < -0.3 is 4.74 Å². The standard InChI is InChI=1S/C20H19NO3/c1-2-15(16-9-5-3-6-10-16)13-19(22)21-18(14-24-20(21)23)17-11-7-4-8-12-17/h2-12,15,18H,1,13-14H2/t15?,18-/m1/s1. The van der Waals surface area contributed by atoms with E-state index in [1.54, 1.807) is 6.08 Å². The van der Waals surface area contributed by atoms with E-state index in [2.05, 4.69) is 6.58 Å². The summed E-state index contributed by atoms with van der Waals surface area (Å²) in [5.41, 5.74) is 1.90. The van der Waals surface area contributed by atoms with Crippen molar-refractivity contribution in [3.8, 4) is 0 Å². The molecule has 1 heterocycles. The molecule has 4 heteroatoms. The van der Waals surface area contributed by atoms with Crippen molar-refractivity contribution in [2.24, 2.45) is 0 Å². The Morgan fingerprint density at radius 3 is 2.42 bits per heavy atom. The molecule has 0 spiro atoms. The molecular weight excluding hydrogens is 302 g/mol. The second-order valence-corrected chi connectivity index (χ2v) is 5.72. The molecule has 122 valence electrons. The number of cyclic esters (lactones) is 1. The topological polar surface area (TPSA) is 46.6 Å². The Hall–Kier alpha value is -2.88. The van der Waals surface area contributed by atoms with Crippen LogP contribution in [-0.2, 0) is 9.53 Å². The minimum Gasteiger partial charge on any atom is -0.446 e. The molecule has 1 fully saturated rings. The number of imide groups is 1. The monoisotopic (exact) mass is 321 g/mol. The number of carbonyl (C=O) groups excluding carboxylic acids is 2. The van der Waals surface area contributed by atoms with E-state index < -0.39 is 6.09 Å². The van der Waals surface area contributed by atoms with Gasteiger partial charge in [0.1, 0.15) is 12.6 Å². The summed E-state index contributed by atoms with van der Waals surface area (Å²) in [5.74, 6) is -0.386. The number of rotatable bonds is 5. The summed E-state index contributed by atoms with van der Waals surface area (Å²) in [6.07, 6.45) is 1.35. The van der Waals surface area contributed by atoms with Crippen molar-refractivity contribution in [1.82, 2.24) is 4.90 Å². The van der Waals surface area contributed by atoms with E-state index in [4.69, 9.17) is 4.74 Å². The van der Waals surface area contributed by atoms with Gasteiger partial charge in [-0.2, -0.15) is 0 Å². The fourth-order valence-corrected chi connectivity index (χ4v) is 2.94. The largest absolute Gasteiger partial charge is 0.446 e. The Morgan fingerprint density at radius 2 is 1.79 bits per heavy atom. The number of amides is 2. The average Bonchev–Trinajstić information content (AvgIpc) is 3.02. The van der Waals surface area contributed by atoms with Crippen molar-refractivity contribution in [2.45, 2.75) is 18.4 Å². The lowest BCUT2D eigenvalue weighted by Gasteiger charge is -2.22. The molecule has 4 nitrogen and oxygen atoms in total. The third kappa shape index (κ3) is 3.23. The number of nitrogens with zero attached hydrogens (tertiary/aromatic N) is 1. The van der Waals surface area contributed by atoms with Crippen LogP contribution in [0.3, 0.4) is 0 Å². The fraction of sp³-hybridized carbons (Fsp3) is 0.200. The zero-order chi connectivity index (χ0) is 16.9. The fourth-order valence-electron chi connectivity index (χ4n) is 2.94. The van der Waals surface area contributed by atoms with Gasteiger partial charge in [0.05, 0.1) is 0 Å². The maximum absolute atomic E-state index is 12.8. The molecule has 0 aliphatic carbocycles. The highest BCUT2D eigenvalue weighted by Gasteiger charge is 2.39. The van der Waals surface area contributed by atoms with Crippen LogP contribution in [0.15, 0.2) is 73.3 Å². The second-order valence-electron chi connectivity index (χ2n) is 5.72. The SMILES string of the molecule is C=CC(CC(=O)N1C(=O)OC[C@@H]1c1ccccc1)c1ccccc1. The van der Waals surface area contributed by atoms with Crippen LogP contribution in [0.25, 0.3) is 0 Å². The van der Waals surface area contributed by atoms with Gasteiger partial charge in [-0.3, -0.25) is 4.79 Å². The van der Waals surface area contributed by atoms with Crippen LogP contribution in [-0.4, -0.2) is 23.5 Å². The number of benzene rings is 2. The van der Waals surface area contributed by atoms with Crippen LogP contribution in [0, 0.1) is 0 Å². The Bertz CT molecular complexity index is 727. The highest BCUT2D eigenvalue weighted by Crippen LogP contribution is 2.30. The number of carbonyl (C=O) groups is 2. The minimum absolute atomic E-state index is 0.136. The summed E-state index contributed by atoms with van der Waals surface area (Å²) in [4.78, 5) is 26.1. The van der Waals surface area contributed by atoms with Gasteiger partial charge in [-0.25, -0.2) is 9.69 Å². The highest BCUT2D eigenvalue weighted by atomic mass is 16.6. The summed E-state index contributed by atoms with van der Waals surface area (Å²) in [6.45, 7) is 4.02. The molecule has 3 rings (SSSR count). The van der Waals surface area contributed by atoms with E-state index in [1.807, 2.05) is 60.7 Å². The summed E-state index contributed by atoms with van der Waals surface area (Å²) in [6, 6.07) is 18.8. The van der Waals surface area contributed by atoms with Crippen LogP contribution in [0.4, 0.5) is 4.79 Å². The summed E-state index contributed by atoms with van der Waals surface area (Å²) in [5, 5.41) is 0. The van der Waals surface area contributed by atoms with Crippen molar-refractivity contribution >= 4 is 12.0 Å². The smallest absolute Gasteiger partial charge is 0.417 e. The summed E-state index contributed by atoms with van der Waals surface area (Å²) >= 11 is 0. The Morgan fingerprint density at radius 1 is 1.17 bits per heavy atom. The molecule has 0 bridgehead atoms. The lowest BCUT2D eigenvalue weighted by atomic mass is 9.95. The number of ether oxygens (including phenoxy) is 1. The van der Waals surface area contributed by atoms with Gasteiger partial charge in [0.25, 0.3) is 0 Å². The Balaban J connectivity index is 1.79. The zero-order valence-corrected chi connectivity index (χ0v) is 13.3. The summed E-state index contributed by atoms with van der Waals surface area (Å²) < 4.78 is 5.11. The second kappa shape index (κ2) is 7.13. The lowest BCUT2D eigenvalue weighted by Crippen LogP contribution is -2.34. The third-order valence-electron chi connectivity index (χ3n) is 4.23. The molecule has 2 aromatic carbocycles. The van der Waals surface area contributed by atoms with Gasteiger partial charge >= 0.3 is 6.09 Å². The van der Waals surface area contributed by atoms with E-state index in [-0.39, 0.29) is 30.9 Å². The quantitative estimate of drug-likeness (QED) is 0.780. The lowest BCUT2D eigenvalue weighted by molar-refractivity contribution is -0.129. The highest BCUT2D eigenvalue weighted by molar-refractivity contribution is 5.94. The van der Waals surface area contributed by atoms with E-state index in [0.29, 0.717) is 0 Å². The molecule has 1 saturated heterocycles. The molecule has 0 N–H and O–H groups in total. The van der Waals surface area contributed by atoms with Crippen LogP contribution in [0.1, 0.15) is 29.5 Å². The summed E-state index contributed by atoms with van der Waals surface area (Å²) in [7, 11) is 0. The van der Waals surface area contributed by atoms with E-state index >= 15 is 0 Å². The molecule has 0 saturated carbocycles. The first-order valence-corrected chi connectivity index (χ1v) is 7.92. The first kappa shape index (κ1) is 16.0. The van der Waals surface area contributed by atoms with Crippen LogP contribution in [0.5, 0.6) is 0 Å². The number of allylic oxidation sites excluding steroid dienone is 1. The molecule has 0 aromatic heterocycles. The minimum atomic E-state index is -0.579. The average molecular weight is 321 g/mol. The van der Waals surface area contributed by atoms with Gasteiger partial charge in [0.15, 0.2) is 0 Å². The maximum atomic E-state index is 12.8. The van der Waals surface area contributed by atoms with Gasteiger partial charge in [0.2, 0.25) is 5.91 Å².